The molecule has 152 valence electrons. The summed E-state index contributed by atoms with van der Waals surface area (Å²) in [5.41, 5.74) is 2.33. The molecule has 0 atom stereocenters. The predicted octanol–water partition coefficient (Wildman–Crippen LogP) is 2.12. The highest BCUT2D eigenvalue weighted by Gasteiger charge is 2.29. The summed E-state index contributed by atoms with van der Waals surface area (Å²) in [5, 5.41) is 29.1. The van der Waals surface area contributed by atoms with Crippen molar-refractivity contribution in [1.29, 1.82) is 0 Å². The minimum atomic E-state index is -0.678. The predicted molar refractivity (Wildman–Crippen MR) is 106 cm³/mol. The van der Waals surface area contributed by atoms with Crippen molar-refractivity contribution >= 4 is 43.8 Å². The van der Waals surface area contributed by atoms with Crippen molar-refractivity contribution in [2.45, 2.75) is 26.4 Å². The molecule has 1 aromatic carbocycles. The number of nitrogens with zero attached hydrogens (tertiary/aromatic N) is 1. The fourth-order valence-corrected chi connectivity index (χ4v) is 4.69. The summed E-state index contributed by atoms with van der Waals surface area (Å²) < 4.78 is 11.6. The van der Waals surface area contributed by atoms with Crippen molar-refractivity contribution in [3.63, 3.8) is 0 Å². The number of halogens is 2. The number of esters is 2. The van der Waals surface area contributed by atoms with Crippen LogP contribution < -0.4 is 0 Å². The van der Waals surface area contributed by atoms with E-state index in [-0.39, 0.29) is 25.5 Å². The third kappa shape index (κ3) is 4.01. The van der Waals surface area contributed by atoms with Gasteiger partial charge in [-0.15, -0.1) is 0 Å². The van der Waals surface area contributed by atoms with Crippen molar-refractivity contribution in [2.24, 2.45) is 0 Å². The molecule has 8 nitrogen and oxygen atoms in total. The zero-order valence-electron chi connectivity index (χ0n) is 15.2. The summed E-state index contributed by atoms with van der Waals surface area (Å²) in [4.78, 5) is 24.2. The largest absolute Gasteiger partial charge is 0.468 e. The smallest absolute Gasteiger partial charge is 0.355 e. The molecule has 1 heterocycles. The van der Waals surface area contributed by atoms with Crippen molar-refractivity contribution in [1.82, 2.24) is 4.57 Å². The lowest BCUT2D eigenvalue weighted by atomic mass is 9.93. The van der Waals surface area contributed by atoms with Crippen LogP contribution >= 0.6 is 31.9 Å². The van der Waals surface area contributed by atoms with Crippen LogP contribution in [-0.4, -0.2) is 46.0 Å². The molecule has 0 bridgehead atoms. The first kappa shape index (κ1) is 22.6. The van der Waals surface area contributed by atoms with Crippen molar-refractivity contribution in [3.8, 4) is 11.1 Å². The van der Waals surface area contributed by atoms with E-state index in [0.717, 1.165) is 0 Å². The number of hydrogen-bond donors (Lipinski definition) is 3. The monoisotopic (exact) mass is 519 g/mol. The fourth-order valence-electron chi connectivity index (χ4n) is 2.93. The Hall–Kier alpha value is -1.72. The van der Waals surface area contributed by atoms with E-state index in [1.54, 1.807) is 12.1 Å². The first-order valence-corrected chi connectivity index (χ1v) is 9.63. The molecule has 0 amide bonds. The quantitative estimate of drug-likeness (QED) is 0.478. The molecule has 0 aliphatic rings. The molecular formula is C18H19Br2NO7. The van der Waals surface area contributed by atoms with Gasteiger partial charge in [0.05, 0.1) is 43.1 Å². The molecule has 28 heavy (non-hydrogen) atoms. The van der Waals surface area contributed by atoms with Gasteiger partial charge in [-0.2, -0.15) is 0 Å². The number of aliphatic hydroxyl groups is 3. The molecule has 0 saturated heterocycles. The Morgan fingerprint density at radius 1 is 1.00 bits per heavy atom. The van der Waals surface area contributed by atoms with Crippen molar-refractivity contribution in [3.05, 3.63) is 43.6 Å². The number of methoxy groups -OCH3 is 2. The number of benzene rings is 1. The molecule has 2 aromatic rings. The minimum Gasteiger partial charge on any atom is -0.468 e. The number of aromatic nitrogens is 1. The van der Waals surface area contributed by atoms with E-state index in [9.17, 15) is 24.9 Å². The van der Waals surface area contributed by atoms with Crippen molar-refractivity contribution < 1.29 is 34.4 Å². The summed E-state index contributed by atoms with van der Waals surface area (Å²) in [6.45, 7) is -1.35. The Morgan fingerprint density at radius 2 is 1.64 bits per heavy atom. The molecule has 0 aliphatic carbocycles. The van der Waals surface area contributed by atoms with E-state index in [2.05, 4.69) is 31.9 Å². The van der Waals surface area contributed by atoms with Crippen LogP contribution in [-0.2, 0) is 40.6 Å². The Kier molecular flexibility index (Phi) is 7.79. The van der Waals surface area contributed by atoms with Gasteiger partial charge in [0.1, 0.15) is 12.2 Å². The Balaban J connectivity index is 2.83. The van der Waals surface area contributed by atoms with Crippen LogP contribution in [0.25, 0.3) is 11.1 Å². The molecule has 0 aliphatic heterocycles. The van der Waals surface area contributed by atoms with Gasteiger partial charge in [-0.3, -0.25) is 4.79 Å². The van der Waals surface area contributed by atoms with E-state index < -0.39 is 18.5 Å². The molecular weight excluding hydrogens is 502 g/mol. The maximum absolute atomic E-state index is 12.3. The summed E-state index contributed by atoms with van der Waals surface area (Å²) in [7, 11) is 2.45. The molecule has 0 fully saturated rings. The Labute approximate surface area is 177 Å². The average Bonchev–Trinajstić information content (AvgIpc) is 2.95. The van der Waals surface area contributed by atoms with Crippen LogP contribution in [0.5, 0.6) is 0 Å². The summed E-state index contributed by atoms with van der Waals surface area (Å²) in [6.07, 6.45) is 0. The van der Waals surface area contributed by atoms with Crippen LogP contribution in [0.4, 0.5) is 0 Å². The van der Waals surface area contributed by atoms with Crippen LogP contribution in [0.2, 0.25) is 0 Å². The average molecular weight is 521 g/mol. The number of carbonyl (C=O) groups is 2. The topological polar surface area (TPSA) is 118 Å². The van der Waals surface area contributed by atoms with E-state index in [1.165, 1.54) is 18.8 Å². The van der Waals surface area contributed by atoms with Gasteiger partial charge in [-0.1, -0.05) is 12.1 Å². The minimum absolute atomic E-state index is 0.0791. The summed E-state index contributed by atoms with van der Waals surface area (Å²) in [5.74, 6) is -1.25. The number of aliphatic hydroxyl groups excluding tert-OH is 3. The zero-order valence-corrected chi connectivity index (χ0v) is 18.3. The summed E-state index contributed by atoms with van der Waals surface area (Å²) >= 11 is 6.81. The third-order valence-electron chi connectivity index (χ3n) is 4.32. The van der Waals surface area contributed by atoms with Gasteiger partial charge in [0, 0.05) is 5.56 Å². The highest BCUT2D eigenvalue weighted by molar-refractivity contribution is 9.11. The highest BCUT2D eigenvalue weighted by Crippen LogP contribution is 2.43. The van der Waals surface area contributed by atoms with Gasteiger partial charge in [0.2, 0.25) is 0 Å². The van der Waals surface area contributed by atoms with E-state index in [0.29, 0.717) is 36.9 Å². The SMILES string of the molecule is COC(=O)Cn1c(Br)c(-c2ccc(CO)c(CO)c2CO)c(Br)c1C(=O)OC. The second-order valence-electron chi connectivity index (χ2n) is 5.69. The Bertz CT molecular complexity index is 908. The van der Waals surface area contributed by atoms with Crippen molar-refractivity contribution in [2.75, 3.05) is 14.2 Å². The first-order valence-electron chi connectivity index (χ1n) is 8.05. The van der Waals surface area contributed by atoms with Crippen LogP contribution in [0.3, 0.4) is 0 Å². The second-order valence-corrected chi connectivity index (χ2v) is 7.23. The van der Waals surface area contributed by atoms with Crippen LogP contribution in [0.1, 0.15) is 27.2 Å². The summed E-state index contributed by atoms with van der Waals surface area (Å²) in [6, 6.07) is 3.28. The molecule has 1 aromatic heterocycles. The molecule has 0 spiro atoms. The standard InChI is InChI=1S/C18H19Br2NO7/c1-27-13(25)5-21-16(18(26)28-2)15(19)14(17(21)20)10-4-3-9(6-22)11(7-23)12(10)8-24/h3-4,22-24H,5-8H2,1-2H3. The zero-order chi connectivity index (χ0) is 21.0. The molecule has 10 heteroatoms. The van der Waals surface area contributed by atoms with Gasteiger partial charge in [0.15, 0.2) is 0 Å². The normalized spacial score (nSPS) is 10.8. The number of hydrogen-bond acceptors (Lipinski definition) is 7. The van der Waals surface area contributed by atoms with E-state index in [4.69, 9.17) is 9.47 Å². The third-order valence-corrected chi connectivity index (χ3v) is 5.91. The molecule has 0 saturated carbocycles. The maximum atomic E-state index is 12.3. The number of carbonyl (C=O) groups excluding carboxylic acids is 2. The van der Waals surface area contributed by atoms with Gasteiger partial charge in [-0.25, -0.2) is 4.79 Å². The lowest BCUT2D eigenvalue weighted by Gasteiger charge is -2.15. The highest BCUT2D eigenvalue weighted by atomic mass is 79.9. The van der Waals surface area contributed by atoms with Crippen LogP contribution in [0, 0.1) is 0 Å². The number of rotatable bonds is 7. The second kappa shape index (κ2) is 9.66. The molecule has 0 radical (unpaired) electrons. The lowest BCUT2D eigenvalue weighted by molar-refractivity contribution is -0.141. The van der Waals surface area contributed by atoms with E-state index >= 15 is 0 Å². The van der Waals surface area contributed by atoms with Crippen LogP contribution in [0.15, 0.2) is 21.2 Å². The van der Waals surface area contributed by atoms with Gasteiger partial charge >= 0.3 is 11.9 Å². The lowest BCUT2D eigenvalue weighted by Crippen LogP contribution is -2.17. The number of ether oxygens (including phenoxy) is 2. The molecule has 3 N–H and O–H groups in total. The van der Waals surface area contributed by atoms with E-state index in [1.807, 2.05) is 0 Å². The molecule has 0 unspecified atom stereocenters. The van der Waals surface area contributed by atoms with Gasteiger partial charge < -0.3 is 29.4 Å². The first-order chi connectivity index (χ1) is 13.4. The maximum Gasteiger partial charge on any atom is 0.355 e. The Morgan fingerprint density at radius 3 is 2.14 bits per heavy atom. The van der Waals surface area contributed by atoms with Gasteiger partial charge in [-0.05, 0) is 54.1 Å². The fraction of sp³-hybridized carbons (Fsp3) is 0.333. The molecule has 2 rings (SSSR count). The van der Waals surface area contributed by atoms with Gasteiger partial charge in [0.25, 0.3) is 0 Å².